The summed E-state index contributed by atoms with van der Waals surface area (Å²) in [6.07, 6.45) is 12.4. The number of rotatable bonds is 4. The number of amides is 2. The van der Waals surface area contributed by atoms with Gasteiger partial charge in [-0.3, -0.25) is 4.68 Å². The quantitative estimate of drug-likeness (QED) is 0.854. The first-order chi connectivity index (χ1) is 14.3. The van der Waals surface area contributed by atoms with Gasteiger partial charge in [-0.25, -0.2) is 4.79 Å². The predicted molar refractivity (Wildman–Crippen MR) is 106 cm³/mol. The summed E-state index contributed by atoms with van der Waals surface area (Å²) in [4.78, 5) is 15.0. The van der Waals surface area contributed by atoms with Gasteiger partial charge in [-0.05, 0) is 44.9 Å². The van der Waals surface area contributed by atoms with Crippen molar-refractivity contribution in [2.75, 3.05) is 18.5 Å². The Hall–Kier alpha value is -2.42. The Bertz CT molecular complexity index is 855. The van der Waals surface area contributed by atoms with Crippen molar-refractivity contribution in [3.05, 3.63) is 24.0 Å². The fraction of sp³-hybridized carbons (Fsp3) is 0.700. The van der Waals surface area contributed by atoms with Crippen molar-refractivity contribution in [2.24, 2.45) is 0 Å². The first kappa shape index (κ1) is 18.6. The van der Waals surface area contributed by atoms with E-state index in [1.165, 1.54) is 6.42 Å². The van der Waals surface area contributed by atoms with E-state index in [4.69, 9.17) is 4.74 Å². The Labute approximate surface area is 170 Å². The molecule has 1 N–H and O–H groups in total. The lowest BCUT2D eigenvalue weighted by Crippen LogP contribution is -2.42. The zero-order valence-corrected chi connectivity index (χ0v) is 16.8. The summed E-state index contributed by atoms with van der Waals surface area (Å²) in [6, 6.07) is -0.0930. The third-order valence-electron chi connectivity index (χ3n) is 6.25. The van der Waals surface area contributed by atoms with Crippen LogP contribution >= 0.6 is 0 Å². The van der Waals surface area contributed by atoms with Crippen molar-refractivity contribution < 1.29 is 9.53 Å². The van der Waals surface area contributed by atoms with Crippen molar-refractivity contribution in [3.63, 3.8) is 0 Å². The average Bonchev–Trinajstić information content (AvgIpc) is 3.50. The van der Waals surface area contributed by atoms with Crippen molar-refractivity contribution in [1.82, 2.24) is 29.4 Å². The number of nitrogens with one attached hydrogen (secondary N) is 1. The molecule has 2 fully saturated rings. The molecule has 2 amide bonds. The molecule has 2 aromatic rings. The maximum Gasteiger partial charge on any atom is 0.322 e. The highest BCUT2D eigenvalue weighted by molar-refractivity contribution is 5.89. The van der Waals surface area contributed by atoms with E-state index in [2.05, 4.69) is 25.2 Å². The van der Waals surface area contributed by atoms with Crippen LogP contribution in [0.1, 0.15) is 62.6 Å². The fourth-order valence-electron chi connectivity index (χ4n) is 4.74. The number of hydrogen-bond donors (Lipinski definition) is 1. The van der Waals surface area contributed by atoms with Gasteiger partial charge in [0.2, 0.25) is 0 Å². The topological polar surface area (TPSA) is 90.1 Å². The normalized spacial score (nSPS) is 24.5. The third kappa shape index (κ3) is 3.88. The van der Waals surface area contributed by atoms with Crippen LogP contribution in [0.25, 0.3) is 0 Å². The summed E-state index contributed by atoms with van der Waals surface area (Å²) in [5.74, 6) is 2.01. The number of aryl methyl sites for hydroxylation is 1. The van der Waals surface area contributed by atoms with Crippen molar-refractivity contribution in [1.29, 1.82) is 0 Å². The van der Waals surface area contributed by atoms with Gasteiger partial charge in [0.25, 0.3) is 0 Å². The Kier molecular flexibility index (Phi) is 5.22. The van der Waals surface area contributed by atoms with E-state index in [0.29, 0.717) is 0 Å². The van der Waals surface area contributed by atoms with E-state index < -0.39 is 0 Å². The van der Waals surface area contributed by atoms with E-state index in [1.54, 1.807) is 6.20 Å². The maximum atomic E-state index is 13.1. The van der Waals surface area contributed by atoms with Gasteiger partial charge in [0.1, 0.15) is 5.82 Å². The highest BCUT2D eigenvalue weighted by atomic mass is 16.5. The molecule has 3 aliphatic heterocycles. The summed E-state index contributed by atoms with van der Waals surface area (Å²) in [5, 5.41) is 16.3. The van der Waals surface area contributed by atoms with Gasteiger partial charge in [0.05, 0.1) is 30.6 Å². The molecule has 0 aliphatic carbocycles. The molecule has 9 nitrogen and oxygen atoms in total. The second-order valence-corrected chi connectivity index (χ2v) is 8.30. The van der Waals surface area contributed by atoms with E-state index in [1.807, 2.05) is 15.8 Å². The lowest BCUT2D eigenvalue weighted by molar-refractivity contribution is 0.0940. The smallest absolute Gasteiger partial charge is 0.322 e. The Morgan fingerprint density at radius 3 is 2.97 bits per heavy atom. The number of anilines is 1. The van der Waals surface area contributed by atoms with Crippen LogP contribution in [0.2, 0.25) is 0 Å². The van der Waals surface area contributed by atoms with Gasteiger partial charge in [0, 0.05) is 32.3 Å². The summed E-state index contributed by atoms with van der Waals surface area (Å²) >= 11 is 0. The molecule has 29 heavy (non-hydrogen) atoms. The molecule has 0 spiro atoms. The van der Waals surface area contributed by atoms with Crippen molar-refractivity contribution in [2.45, 2.75) is 76.6 Å². The van der Waals surface area contributed by atoms with Crippen molar-refractivity contribution >= 4 is 11.7 Å². The van der Waals surface area contributed by atoms with E-state index >= 15 is 0 Å². The number of carbonyl (C=O) groups excluding carboxylic acids is 1. The summed E-state index contributed by atoms with van der Waals surface area (Å²) in [7, 11) is 0. The molecule has 2 saturated heterocycles. The summed E-state index contributed by atoms with van der Waals surface area (Å²) in [5.41, 5.74) is 0.723. The minimum Gasteiger partial charge on any atom is -0.376 e. The lowest BCUT2D eigenvalue weighted by Gasteiger charge is -2.35. The second-order valence-electron chi connectivity index (χ2n) is 8.30. The number of urea groups is 1. The van der Waals surface area contributed by atoms with Crippen LogP contribution < -0.4 is 5.32 Å². The molecule has 0 aromatic carbocycles. The van der Waals surface area contributed by atoms with Crippen LogP contribution in [0.4, 0.5) is 10.5 Å². The number of likely N-dealkylation sites (tertiary alicyclic amines) is 1. The molecule has 0 saturated carbocycles. The number of fused-ring (bicyclic) bond motifs is 1. The van der Waals surface area contributed by atoms with Gasteiger partial charge in [-0.2, -0.15) is 5.10 Å². The second kappa shape index (κ2) is 8.14. The number of nitrogens with zero attached hydrogens (tertiary/aromatic N) is 6. The molecule has 156 valence electrons. The Morgan fingerprint density at radius 1 is 1.14 bits per heavy atom. The zero-order chi connectivity index (χ0) is 19.6. The van der Waals surface area contributed by atoms with Gasteiger partial charge in [-0.1, -0.05) is 0 Å². The number of carbonyl (C=O) groups is 1. The van der Waals surface area contributed by atoms with Crippen molar-refractivity contribution in [3.8, 4) is 0 Å². The SMILES string of the molecule is O=C(Nc1cnn(CC2CCCO2)c1)N1CCCCC1c1nnc2n1CCCC2. The van der Waals surface area contributed by atoms with Crippen LogP contribution in [0, 0.1) is 0 Å². The third-order valence-corrected chi connectivity index (χ3v) is 6.25. The first-order valence-electron chi connectivity index (χ1n) is 10.9. The molecule has 2 aromatic heterocycles. The average molecular weight is 399 g/mol. The number of piperidine rings is 1. The summed E-state index contributed by atoms with van der Waals surface area (Å²) in [6.45, 7) is 3.26. The molecule has 5 heterocycles. The predicted octanol–water partition coefficient (Wildman–Crippen LogP) is 2.75. The summed E-state index contributed by atoms with van der Waals surface area (Å²) < 4.78 is 9.76. The Balaban J connectivity index is 1.28. The van der Waals surface area contributed by atoms with E-state index in [-0.39, 0.29) is 18.2 Å². The maximum absolute atomic E-state index is 13.1. The molecular weight excluding hydrogens is 370 g/mol. The van der Waals surface area contributed by atoms with Gasteiger partial charge < -0.3 is 19.5 Å². The molecule has 2 atom stereocenters. The lowest BCUT2D eigenvalue weighted by atomic mass is 10.0. The Morgan fingerprint density at radius 2 is 2.07 bits per heavy atom. The molecule has 5 rings (SSSR count). The zero-order valence-electron chi connectivity index (χ0n) is 16.8. The minimum absolute atomic E-state index is 0.00923. The van der Waals surface area contributed by atoms with Crippen LogP contribution in [-0.2, 0) is 24.2 Å². The van der Waals surface area contributed by atoms with Gasteiger partial charge in [-0.15, -0.1) is 10.2 Å². The van der Waals surface area contributed by atoms with E-state index in [0.717, 1.165) is 88.5 Å². The largest absolute Gasteiger partial charge is 0.376 e. The minimum atomic E-state index is -0.0838. The monoisotopic (exact) mass is 399 g/mol. The molecule has 0 radical (unpaired) electrons. The number of hydrogen-bond acceptors (Lipinski definition) is 5. The van der Waals surface area contributed by atoms with E-state index in [9.17, 15) is 4.79 Å². The van der Waals surface area contributed by atoms with Gasteiger partial charge >= 0.3 is 6.03 Å². The van der Waals surface area contributed by atoms with Crippen LogP contribution in [-0.4, -0.2) is 54.7 Å². The van der Waals surface area contributed by atoms with Crippen LogP contribution in [0.5, 0.6) is 0 Å². The molecule has 0 bridgehead atoms. The van der Waals surface area contributed by atoms with Crippen LogP contribution in [0.15, 0.2) is 12.4 Å². The molecule has 3 aliphatic rings. The molecule has 2 unspecified atom stereocenters. The first-order valence-corrected chi connectivity index (χ1v) is 10.9. The molecular formula is C20H29N7O2. The highest BCUT2D eigenvalue weighted by Gasteiger charge is 2.33. The number of ether oxygens (including phenoxy) is 1. The standard InChI is InChI=1S/C20H29N7O2/c28-20(22-15-12-21-25(13-15)14-16-6-5-11-29-16)26-9-3-1-7-17(26)19-24-23-18-8-2-4-10-27(18)19/h12-13,16-17H,1-11,14H2,(H,22,28). The van der Waals surface area contributed by atoms with Crippen LogP contribution in [0.3, 0.4) is 0 Å². The highest BCUT2D eigenvalue weighted by Crippen LogP contribution is 2.32. The fourth-order valence-corrected chi connectivity index (χ4v) is 4.74. The molecule has 9 heteroatoms. The van der Waals surface area contributed by atoms with Gasteiger partial charge in [0.15, 0.2) is 5.82 Å². The number of aromatic nitrogens is 5.